The number of fused-ring (bicyclic) bond motifs is 14. The van der Waals surface area contributed by atoms with Crippen LogP contribution in [0.15, 0.2) is 96.1 Å². The predicted molar refractivity (Wildman–Crippen MR) is 249 cm³/mol. The van der Waals surface area contributed by atoms with Crippen molar-refractivity contribution in [3.63, 3.8) is 0 Å². The number of aliphatic hydroxyl groups excluding tert-OH is 2. The maximum atomic E-state index is 15.2. The molecule has 0 aromatic heterocycles. The van der Waals surface area contributed by atoms with E-state index in [9.17, 15) is 29.4 Å². The third-order valence-electron chi connectivity index (χ3n) is 12.8. The molecule has 0 spiro atoms. The minimum atomic E-state index is -2.19. The highest BCUT2D eigenvalue weighted by molar-refractivity contribution is 6.33. The lowest BCUT2D eigenvalue weighted by Gasteiger charge is -2.38. The summed E-state index contributed by atoms with van der Waals surface area (Å²) < 4.78 is 35.2. The van der Waals surface area contributed by atoms with Gasteiger partial charge in [0.05, 0.1) is 53.9 Å². The average Bonchev–Trinajstić information content (AvgIpc) is 3.58. The molecule has 0 radical (unpaired) electrons. The molecule has 1 aliphatic carbocycles. The van der Waals surface area contributed by atoms with Gasteiger partial charge >= 0.3 is 17.7 Å². The number of methoxy groups -OCH3 is 2. The number of rotatable bonds is 7. The first-order chi connectivity index (χ1) is 32.1. The third kappa shape index (κ3) is 10.0. The number of ketones is 3. The molecule has 0 fully saturated rings. The first-order valence-corrected chi connectivity index (χ1v) is 22.2. The van der Waals surface area contributed by atoms with Gasteiger partial charge in [-0.2, -0.15) is 0 Å². The number of allylic oxidation sites excluding steroid dienone is 4. The Hall–Kier alpha value is -6.88. The van der Waals surface area contributed by atoms with Gasteiger partial charge in [0.25, 0.3) is 11.7 Å². The van der Waals surface area contributed by atoms with Gasteiger partial charge in [-0.15, -0.1) is 0 Å². The van der Waals surface area contributed by atoms with Crippen LogP contribution in [0, 0.1) is 37.5 Å². The minimum Gasteiger partial charge on any atom is -0.497 e. The lowest BCUT2D eigenvalue weighted by Crippen LogP contribution is -2.46. The van der Waals surface area contributed by atoms with Gasteiger partial charge in [-0.1, -0.05) is 63.6 Å². The van der Waals surface area contributed by atoms with Crippen molar-refractivity contribution in [1.82, 2.24) is 5.32 Å². The molecule has 1 amide bonds. The zero-order valence-corrected chi connectivity index (χ0v) is 39.9. The quantitative estimate of drug-likeness (QED) is 0.140. The zero-order chi connectivity index (χ0) is 49.9. The lowest BCUT2D eigenvalue weighted by atomic mass is 9.78. The number of anilines is 1. The largest absolute Gasteiger partial charge is 0.497 e. The third-order valence-corrected chi connectivity index (χ3v) is 12.8. The molecule has 5 bridgehead atoms. The fraction of sp³-hybridized carbons (Fsp3) is 0.385. The second-order valence-corrected chi connectivity index (χ2v) is 17.6. The number of carbonyl (C=O) groups excluding carboxylic acids is 6. The Morgan fingerprint density at radius 2 is 1.47 bits per heavy atom. The molecule has 9 unspecified atom stereocenters. The number of nitrogens with one attached hydrogen (secondary N) is 2. The van der Waals surface area contributed by atoms with Crippen LogP contribution in [0.25, 0.3) is 0 Å². The maximum Gasteiger partial charge on any atom is 0.343 e. The molecule has 0 saturated heterocycles. The van der Waals surface area contributed by atoms with Crippen molar-refractivity contribution >= 4 is 40.9 Å². The topological polar surface area (TPSA) is 222 Å². The van der Waals surface area contributed by atoms with Crippen molar-refractivity contribution < 1.29 is 67.4 Å². The van der Waals surface area contributed by atoms with Crippen molar-refractivity contribution in [2.75, 3.05) is 19.5 Å². The molecule has 3 aliphatic heterocycles. The second-order valence-electron chi connectivity index (χ2n) is 17.6. The van der Waals surface area contributed by atoms with E-state index < -0.39 is 117 Å². The molecule has 16 nitrogen and oxygen atoms in total. The van der Waals surface area contributed by atoms with E-state index in [0.717, 1.165) is 11.8 Å². The molecule has 16 heteroatoms. The summed E-state index contributed by atoms with van der Waals surface area (Å²) >= 11 is 0. The Morgan fingerprint density at radius 3 is 2.09 bits per heavy atom. The Balaban J connectivity index is 1.57. The van der Waals surface area contributed by atoms with Gasteiger partial charge in [0.2, 0.25) is 11.6 Å². The van der Waals surface area contributed by atoms with E-state index in [1.54, 1.807) is 70.2 Å². The van der Waals surface area contributed by atoms with Crippen molar-refractivity contribution in [2.24, 2.45) is 23.7 Å². The van der Waals surface area contributed by atoms with Crippen molar-refractivity contribution in [3.05, 3.63) is 129 Å². The van der Waals surface area contributed by atoms with Crippen molar-refractivity contribution in [3.8, 4) is 17.2 Å². The lowest BCUT2D eigenvalue weighted by molar-refractivity contribution is -0.160. The molecule has 7 rings (SSSR count). The minimum absolute atomic E-state index is 0.000290. The summed E-state index contributed by atoms with van der Waals surface area (Å²) in [6, 6.07) is 12.8. The molecule has 0 saturated carbocycles. The van der Waals surface area contributed by atoms with E-state index in [1.807, 2.05) is 6.92 Å². The second kappa shape index (κ2) is 20.6. The normalized spacial score (nSPS) is 26.6. The van der Waals surface area contributed by atoms with Crippen LogP contribution >= 0.6 is 0 Å². The summed E-state index contributed by atoms with van der Waals surface area (Å²) in [5, 5.41) is 28.6. The highest BCUT2D eigenvalue weighted by Gasteiger charge is 2.53. The first-order valence-electron chi connectivity index (χ1n) is 22.2. The zero-order valence-electron chi connectivity index (χ0n) is 39.9. The van der Waals surface area contributed by atoms with E-state index >= 15 is 9.59 Å². The summed E-state index contributed by atoms with van der Waals surface area (Å²) in [7, 11) is 2.89. The van der Waals surface area contributed by atoms with E-state index in [-0.39, 0.29) is 28.0 Å². The molecule has 3 aromatic carbocycles. The number of ether oxygens (including phenoxy) is 6. The first kappa shape index (κ1) is 50.5. The average molecular weight is 935 g/mol. The number of Topliss-reactive ketones (excluding diaryl/α,β-unsaturated/α-hetero) is 3. The van der Waals surface area contributed by atoms with Crippen LogP contribution in [0.4, 0.5) is 5.69 Å². The highest BCUT2D eigenvalue weighted by atomic mass is 16.7. The number of benzene rings is 3. The number of carbonyl (C=O) groups is 6. The molecule has 4 aliphatic rings. The predicted octanol–water partition coefficient (Wildman–Crippen LogP) is 6.90. The molecule has 3 aromatic rings. The Kier molecular flexibility index (Phi) is 15.3. The van der Waals surface area contributed by atoms with Gasteiger partial charge in [0.15, 0.2) is 0 Å². The standard InChI is InChI=1S/C52H58N2O14/c1-25-15-17-33(18-16-25)51(62)67-47-31(7)48-39-37-38(47)45(59)41(40(44(37)58)53-34-19-21-35(63-10)22-20-34)54-50(61)27(3)14-12-13-26(2)42(56)29(5)43(57)30(6)46(66-32(8)55)28(4)36(64-11)23-24-65-52(9,68-48)49(39)60/h12-24,26,28-30,36,42-43,46,53,56-57H,1-11H3,(H,54,61). The van der Waals surface area contributed by atoms with Gasteiger partial charge in [0.1, 0.15) is 34.7 Å². The van der Waals surface area contributed by atoms with Crippen LogP contribution in [0.5, 0.6) is 17.2 Å². The van der Waals surface area contributed by atoms with Gasteiger partial charge in [-0.05, 0) is 63.2 Å². The fourth-order valence-electron chi connectivity index (χ4n) is 8.58. The molecular weight excluding hydrogens is 877 g/mol. The van der Waals surface area contributed by atoms with Crippen LogP contribution in [0.2, 0.25) is 0 Å². The summed E-state index contributed by atoms with van der Waals surface area (Å²) in [6.45, 7) is 14.1. The number of esters is 2. The summed E-state index contributed by atoms with van der Waals surface area (Å²) in [5.74, 6) is -10.1. The molecule has 4 N–H and O–H groups in total. The molecule has 9 atom stereocenters. The number of aryl methyl sites for hydroxylation is 1. The van der Waals surface area contributed by atoms with Crippen LogP contribution in [0.3, 0.4) is 0 Å². The number of amides is 1. The molecule has 3 heterocycles. The smallest absolute Gasteiger partial charge is 0.343 e. The molecule has 360 valence electrons. The number of hydrogen-bond donors (Lipinski definition) is 4. The maximum absolute atomic E-state index is 15.2. The van der Waals surface area contributed by atoms with Crippen molar-refractivity contribution in [1.29, 1.82) is 0 Å². The summed E-state index contributed by atoms with van der Waals surface area (Å²) in [4.78, 5) is 85.6. The van der Waals surface area contributed by atoms with Crippen LogP contribution in [-0.2, 0) is 23.8 Å². The van der Waals surface area contributed by atoms with E-state index in [4.69, 9.17) is 28.4 Å². The van der Waals surface area contributed by atoms with Crippen LogP contribution in [0.1, 0.15) is 101 Å². The summed E-state index contributed by atoms with van der Waals surface area (Å²) in [5.41, 5.74) is -0.859. The fourth-order valence-corrected chi connectivity index (χ4v) is 8.58. The number of aliphatic hydroxyl groups is 2. The monoisotopic (exact) mass is 934 g/mol. The summed E-state index contributed by atoms with van der Waals surface area (Å²) in [6.07, 6.45) is 3.15. The van der Waals surface area contributed by atoms with E-state index in [2.05, 4.69) is 10.6 Å². The Bertz CT molecular complexity index is 2630. The highest BCUT2D eigenvalue weighted by Crippen LogP contribution is 2.49. The van der Waals surface area contributed by atoms with E-state index in [1.165, 1.54) is 72.3 Å². The molecular formula is C52H58N2O14. The van der Waals surface area contributed by atoms with Crippen molar-refractivity contribution in [2.45, 2.75) is 92.5 Å². The molecule has 68 heavy (non-hydrogen) atoms. The van der Waals surface area contributed by atoms with Crippen LogP contribution < -0.4 is 24.8 Å². The number of hydrogen-bond acceptors (Lipinski definition) is 15. The van der Waals surface area contributed by atoms with Gasteiger partial charge in [0, 0.05) is 61.5 Å². The van der Waals surface area contributed by atoms with E-state index in [0.29, 0.717) is 11.4 Å². The van der Waals surface area contributed by atoms with Crippen LogP contribution in [-0.4, -0.2) is 89.8 Å². The van der Waals surface area contributed by atoms with Gasteiger partial charge < -0.3 is 49.3 Å². The Labute approximate surface area is 395 Å². The van der Waals surface area contributed by atoms with Gasteiger partial charge in [-0.3, -0.25) is 24.0 Å². The Morgan fingerprint density at radius 1 is 0.809 bits per heavy atom. The SMILES string of the molecule is COc1ccc(NC2=C3NC(=O)C(C)=CC=CC(C)C(O)C(C)C(O)C(C)C(OC(C)=O)C(C)C(OC)C=COC4(C)Oc5c(C)c(OC(=O)c6ccc(C)cc6)c(c(c5C4=O)C2=O)C3=O)cc1. The van der Waals surface area contributed by atoms with Gasteiger partial charge in [-0.25, -0.2) is 4.79 Å².